The van der Waals surface area contributed by atoms with E-state index in [9.17, 15) is 8.42 Å². The number of benzene rings is 1. The normalized spacial score (nSPS) is 23.9. The lowest BCUT2D eigenvalue weighted by molar-refractivity contribution is -0.0441. The summed E-state index contributed by atoms with van der Waals surface area (Å²) in [4.78, 5) is 0.213. The van der Waals surface area contributed by atoms with Gasteiger partial charge in [-0.1, -0.05) is 36.5 Å². The van der Waals surface area contributed by atoms with Crippen LogP contribution >= 0.6 is 12.2 Å². The summed E-state index contributed by atoms with van der Waals surface area (Å²) in [6.07, 6.45) is -0.205. The molecule has 2 N–H and O–H groups in total. The van der Waals surface area contributed by atoms with Gasteiger partial charge in [0, 0.05) is 18.7 Å². The van der Waals surface area contributed by atoms with Crippen LogP contribution in [0, 0.1) is 0 Å². The number of hydrogen-bond acceptors (Lipinski definition) is 4. The van der Waals surface area contributed by atoms with E-state index in [4.69, 9.17) is 22.7 Å². The molecule has 2 atom stereocenters. The van der Waals surface area contributed by atoms with E-state index in [1.165, 1.54) is 4.31 Å². The molecule has 2 rings (SSSR count). The van der Waals surface area contributed by atoms with Gasteiger partial charge in [0.1, 0.15) is 4.99 Å². The molecule has 0 aromatic heterocycles. The van der Waals surface area contributed by atoms with Crippen molar-refractivity contribution in [1.29, 1.82) is 0 Å². The zero-order chi connectivity index (χ0) is 15.6. The van der Waals surface area contributed by atoms with Gasteiger partial charge in [0.2, 0.25) is 10.0 Å². The van der Waals surface area contributed by atoms with Crippen molar-refractivity contribution in [3.63, 3.8) is 0 Å². The number of nitrogens with zero attached hydrogens (tertiary/aromatic N) is 1. The zero-order valence-corrected chi connectivity index (χ0v) is 13.8. The minimum Gasteiger partial charge on any atom is -0.389 e. The van der Waals surface area contributed by atoms with Crippen LogP contribution in [0.1, 0.15) is 25.0 Å². The Bertz CT molecular complexity index is 621. The molecule has 0 spiro atoms. The zero-order valence-electron chi connectivity index (χ0n) is 12.2. The smallest absolute Gasteiger partial charge is 0.218 e. The van der Waals surface area contributed by atoms with Crippen molar-refractivity contribution in [3.05, 3.63) is 35.4 Å². The first-order valence-corrected chi connectivity index (χ1v) is 8.82. The molecule has 1 aromatic carbocycles. The average molecular weight is 328 g/mol. The first-order valence-electron chi connectivity index (χ1n) is 6.80. The Morgan fingerprint density at radius 3 is 2.48 bits per heavy atom. The lowest BCUT2D eigenvalue weighted by atomic mass is 10.1. The Morgan fingerprint density at radius 2 is 1.90 bits per heavy atom. The van der Waals surface area contributed by atoms with Gasteiger partial charge < -0.3 is 10.5 Å². The van der Waals surface area contributed by atoms with E-state index in [2.05, 4.69) is 0 Å². The second kappa shape index (κ2) is 6.39. The number of morpholine rings is 1. The van der Waals surface area contributed by atoms with Gasteiger partial charge in [0.15, 0.2) is 0 Å². The third-order valence-corrected chi connectivity index (χ3v) is 5.38. The Labute approximate surface area is 131 Å². The maximum absolute atomic E-state index is 12.6. The molecule has 1 aromatic rings. The SMILES string of the molecule is CC1CN(S(=O)(=O)Cc2ccccc2C(N)=S)CC(C)O1. The number of thiocarbonyl (C=S) groups is 1. The van der Waals surface area contributed by atoms with Crippen molar-refractivity contribution in [2.45, 2.75) is 31.8 Å². The van der Waals surface area contributed by atoms with Crippen molar-refractivity contribution < 1.29 is 13.2 Å². The van der Waals surface area contributed by atoms with Gasteiger partial charge in [0.25, 0.3) is 0 Å². The fraction of sp³-hybridized carbons (Fsp3) is 0.500. The highest BCUT2D eigenvalue weighted by Gasteiger charge is 2.31. The molecule has 1 heterocycles. The highest BCUT2D eigenvalue weighted by atomic mass is 32.2. The Hall–Kier alpha value is -1.02. The Kier molecular flexibility index (Phi) is 4.98. The van der Waals surface area contributed by atoms with E-state index >= 15 is 0 Å². The second-order valence-electron chi connectivity index (χ2n) is 5.35. The van der Waals surface area contributed by atoms with Gasteiger partial charge >= 0.3 is 0 Å². The molecular weight excluding hydrogens is 308 g/mol. The molecule has 1 saturated heterocycles. The first kappa shape index (κ1) is 16.4. The molecule has 1 aliphatic rings. The van der Waals surface area contributed by atoms with Gasteiger partial charge in [0.05, 0.1) is 18.0 Å². The van der Waals surface area contributed by atoms with Gasteiger partial charge in [-0.15, -0.1) is 0 Å². The van der Waals surface area contributed by atoms with Crippen LogP contribution < -0.4 is 5.73 Å². The summed E-state index contributed by atoms with van der Waals surface area (Å²) in [7, 11) is -3.42. The fourth-order valence-corrected chi connectivity index (χ4v) is 4.43. The topological polar surface area (TPSA) is 72.6 Å². The Balaban J connectivity index is 2.24. The van der Waals surface area contributed by atoms with Crippen LogP contribution in [0.3, 0.4) is 0 Å². The maximum Gasteiger partial charge on any atom is 0.218 e. The molecule has 21 heavy (non-hydrogen) atoms. The minimum atomic E-state index is -3.42. The summed E-state index contributed by atoms with van der Waals surface area (Å²) in [5.41, 5.74) is 6.91. The minimum absolute atomic E-state index is 0.0973. The van der Waals surface area contributed by atoms with E-state index < -0.39 is 10.0 Å². The number of ether oxygens (including phenoxy) is 1. The monoisotopic (exact) mass is 328 g/mol. The first-order chi connectivity index (χ1) is 9.79. The molecule has 0 bridgehead atoms. The summed E-state index contributed by atoms with van der Waals surface area (Å²) in [6.45, 7) is 4.51. The molecule has 2 unspecified atom stereocenters. The van der Waals surface area contributed by atoms with Crippen molar-refractivity contribution in [1.82, 2.24) is 4.31 Å². The third-order valence-electron chi connectivity index (χ3n) is 3.40. The molecule has 0 saturated carbocycles. The molecule has 7 heteroatoms. The number of sulfonamides is 1. The predicted octanol–water partition coefficient (Wildman–Crippen LogP) is 1.26. The summed E-state index contributed by atoms with van der Waals surface area (Å²) < 4.78 is 32.3. The molecule has 1 fully saturated rings. The van der Waals surface area contributed by atoms with E-state index in [1.54, 1.807) is 24.3 Å². The second-order valence-corrected chi connectivity index (χ2v) is 7.76. The summed E-state index contributed by atoms with van der Waals surface area (Å²) in [5, 5.41) is 0. The van der Waals surface area contributed by atoms with E-state index in [-0.39, 0.29) is 22.9 Å². The van der Waals surface area contributed by atoms with Crippen LogP contribution in [0.15, 0.2) is 24.3 Å². The molecule has 0 aliphatic carbocycles. The van der Waals surface area contributed by atoms with Crippen molar-refractivity contribution in [3.8, 4) is 0 Å². The summed E-state index contributed by atoms with van der Waals surface area (Å²) >= 11 is 4.98. The van der Waals surface area contributed by atoms with Gasteiger partial charge in [-0.25, -0.2) is 8.42 Å². The predicted molar refractivity (Wildman–Crippen MR) is 86.5 cm³/mol. The quantitative estimate of drug-likeness (QED) is 0.843. The third kappa shape index (κ3) is 4.00. The fourth-order valence-electron chi connectivity index (χ4n) is 2.53. The van der Waals surface area contributed by atoms with E-state index in [0.29, 0.717) is 24.2 Å². The average Bonchev–Trinajstić information content (AvgIpc) is 2.37. The van der Waals surface area contributed by atoms with Crippen molar-refractivity contribution in [2.24, 2.45) is 5.73 Å². The van der Waals surface area contributed by atoms with Gasteiger partial charge in [-0.3, -0.25) is 0 Å². The van der Waals surface area contributed by atoms with Gasteiger partial charge in [-0.2, -0.15) is 4.31 Å². The van der Waals surface area contributed by atoms with Crippen LogP contribution in [-0.2, 0) is 20.5 Å². The number of rotatable bonds is 4. The molecular formula is C14H20N2O3S2. The van der Waals surface area contributed by atoms with Crippen LogP contribution in [0.5, 0.6) is 0 Å². The molecule has 0 radical (unpaired) electrons. The molecule has 1 aliphatic heterocycles. The highest BCUT2D eigenvalue weighted by Crippen LogP contribution is 2.19. The maximum atomic E-state index is 12.6. The van der Waals surface area contributed by atoms with Gasteiger partial charge in [-0.05, 0) is 19.4 Å². The largest absolute Gasteiger partial charge is 0.389 e. The summed E-state index contributed by atoms with van der Waals surface area (Å²) in [5.74, 6) is -0.0973. The number of hydrogen-bond donors (Lipinski definition) is 1. The van der Waals surface area contributed by atoms with Crippen LogP contribution in [0.25, 0.3) is 0 Å². The summed E-state index contributed by atoms with van der Waals surface area (Å²) in [6, 6.07) is 7.08. The van der Waals surface area contributed by atoms with Crippen molar-refractivity contribution >= 4 is 27.2 Å². The lowest BCUT2D eigenvalue weighted by Crippen LogP contribution is -2.48. The Morgan fingerprint density at radius 1 is 1.33 bits per heavy atom. The molecule has 5 nitrogen and oxygen atoms in total. The molecule has 116 valence electrons. The molecule has 0 amide bonds. The van der Waals surface area contributed by atoms with E-state index in [1.807, 2.05) is 13.8 Å². The van der Waals surface area contributed by atoms with Crippen LogP contribution in [0.4, 0.5) is 0 Å². The van der Waals surface area contributed by atoms with Crippen LogP contribution in [0.2, 0.25) is 0 Å². The lowest BCUT2D eigenvalue weighted by Gasteiger charge is -2.34. The van der Waals surface area contributed by atoms with Crippen molar-refractivity contribution in [2.75, 3.05) is 13.1 Å². The van der Waals surface area contributed by atoms with Crippen LogP contribution in [-0.4, -0.2) is 43.0 Å². The van der Waals surface area contributed by atoms with E-state index in [0.717, 1.165) is 0 Å². The number of nitrogens with two attached hydrogens (primary N) is 1. The highest BCUT2D eigenvalue weighted by molar-refractivity contribution is 7.88. The standard InChI is InChI=1S/C14H20N2O3S2/c1-10-7-16(8-11(2)19-10)21(17,18)9-12-5-3-4-6-13(12)14(15)20/h3-6,10-11H,7-9H2,1-2H3,(H2,15,20).